The Morgan fingerprint density at radius 2 is 2.10 bits per heavy atom. The highest BCUT2D eigenvalue weighted by atomic mass is 79.9. The standard InChI is InChI=1S/C14H13BrFNO2S2/c15-13-6-7-14(20-13)21(18,19)17-8-2-5-12(17)10-3-1-4-11(16)9-10/h1,3-4,6-7,9,12H,2,5,8H2/t12-/m1/s1. The topological polar surface area (TPSA) is 37.4 Å². The summed E-state index contributed by atoms with van der Waals surface area (Å²) in [4.78, 5) is 0. The summed E-state index contributed by atoms with van der Waals surface area (Å²) in [6.07, 6.45) is 1.50. The lowest BCUT2D eigenvalue weighted by molar-refractivity contribution is 0.396. The zero-order valence-corrected chi connectivity index (χ0v) is 14.2. The van der Waals surface area contributed by atoms with Crippen molar-refractivity contribution < 1.29 is 12.8 Å². The molecule has 1 aromatic carbocycles. The second-order valence-electron chi connectivity index (χ2n) is 4.89. The molecule has 1 saturated heterocycles. The minimum atomic E-state index is -3.53. The zero-order chi connectivity index (χ0) is 15.0. The molecule has 2 heterocycles. The lowest BCUT2D eigenvalue weighted by Gasteiger charge is -2.23. The highest BCUT2D eigenvalue weighted by Gasteiger charge is 2.37. The highest BCUT2D eigenvalue weighted by Crippen LogP contribution is 2.38. The average Bonchev–Trinajstić information content (AvgIpc) is 3.07. The van der Waals surface area contributed by atoms with E-state index in [1.54, 1.807) is 24.3 Å². The molecule has 0 aliphatic carbocycles. The minimum absolute atomic E-state index is 0.286. The molecule has 3 nitrogen and oxygen atoms in total. The van der Waals surface area contributed by atoms with Gasteiger partial charge in [0.05, 0.1) is 9.83 Å². The number of halogens is 2. The van der Waals surface area contributed by atoms with E-state index in [0.29, 0.717) is 16.3 Å². The molecule has 1 aliphatic rings. The second kappa shape index (κ2) is 5.79. The van der Waals surface area contributed by atoms with Crippen LogP contribution in [0.4, 0.5) is 4.39 Å². The smallest absolute Gasteiger partial charge is 0.207 e. The van der Waals surface area contributed by atoms with Crippen LogP contribution in [0.2, 0.25) is 0 Å². The number of hydrogen-bond acceptors (Lipinski definition) is 3. The third-order valence-corrected chi connectivity index (χ3v) is 7.55. The van der Waals surface area contributed by atoms with E-state index in [9.17, 15) is 12.8 Å². The summed E-state index contributed by atoms with van der Waals surface area (Å²) in [5.74, 6) is -0.337. The Kier molecular flexibility index (Phi) is 4.18. The largest absolute Gasteiger partial charge is 0.253 e. The van der Waals surface area contributed by atoms with Crippen LogP contribution in [0.1, 0.15) is 24.4 Å². The number of nitrogens with zero attached hydrogens (tertiary/aromatic N) is 1. The summed E-state index contributed by atoms with van der Waals surface area (Å²) in [6.45, 7) is 0.471. The van der Waals surface area contributed by atoms with Crippen LogP contribution < -0.4 is 0 Å². The molecule has 0 radical (unpaired) electrons. The Morgan fingerprint density at radius 1 is 1.29 bits per heavy atom. The van der Waals surface area contributed by atoms with Gasteiger partial charge in [0.25, 0.3) is 10.0 Å². The summed E-state index contributed by atoms with van der Waals surface area (Å²) >= 11 is 4.48. The van der Waals surface area contributed by atoms with Gasteiger partial charge in [0.1, 0.15) is 10.0 Å². The molecule has 3 rings (SSSR count). The van der Waals surface area contributed by atoms with Crippen LogP contribution in [0.5, 0.6) is 0 Å². The first kappa shape index (κ1) is 15.1. The molecule has 1 atom stereocenters. The van der Waals surface area contributed by atoms with Crippen LogP contribution in [-0.4, -0.2) is 19.3 Å². The predicted octanol–water partition coefficient (Wildman–Crippen LogP) is 4.18. The molecule has 1 aliphatic heterocycles. The Labute approximate surface area is 135 Å². The van der Waals surface area contributed by atoms with E-state index < -0.39 is 10.0 Å². The molecule has 0 bridgehead atoms. The van der Waals surface area contributed by atoms with Gasteiger partial charge in [-0.1, -0.05) is 12.1 Å². The fourth-order valence-electron chi connectivity index (χ4n) is 2.63. The number of rotatable bonds is 3. The first-order valence-electron chi connectivity index (χ1n) is 6.51. The molecule has 0 unspecified atom stereocenters. The molecule has 2 aromatic rings. The molecule has 0 amide bonds. The Balaban J connectivity index is 1.97. The summed E-state index contributed by atoms with van der Waals surface area (Å²) < 4.78 is 41.5. The average molecular weight is 390 g/mol. The quantitative estimate of drug-likeness (QED) is 0.789. The van der Waals surface area contributed by atoms with Crippen molar-refractivity contribution in [3.8, 4) is 0 Å². The third kappa shape index (κ3) is 2.92. The molecule has 1 aromatic heterocycles. The van der Waals surface area contributed by atoms with Gasteiger partial charge in [0.15, 0.2) is 0 Å². The Bertz CT molecular complexity index is 760. The molecule has 112 valence electrons. The first-order valence-corrected chi connectivity index (χ1v) is 9.56. The van der Waals surface area contributed by atoms with Gasteiger partial charge in [-0.2, -0.15) is 4.31 Å². The lowest BCUT2D eigenvalue weighted by atomic mass is 10.1. The van der Waals surface area contributed by atoms with Gasteiger partial charge < -0.3 is 0 Å². The first-order chi connectivity index (χ1) is 9.98. The van der Waals surface area contributed by atoms with Gasteiger partial charge in [-0.05, 0) is 58.6 Å². The predicted molar refractivity (Wildman–Crippen MR) is 84.3 cm³/mol. The van der Waals surface area contributed by atoms with Gasteiger partial charge in [0.2, 0.25) is 0 Å². The van der Waals surface area contributed by atoms with Crippen molar-refractivity contribution in [1.82, 2.24) is 4.31 Å². The summed E-state index contributed by atoms with van der Waals surface area (Å²) in [5.41, 5.74) is 0.715. The molecule has 21 heavy (non-hydrogen) atoms. The van der Waals surface area contributed by atoms with Crippen LogP contribution in [0.25, 0.3) is 0 Å². The van der Waals surface area contributed by atoms with Crippen molar-refractivity contribution in [2.24, 2.45) is 0 Å². The Hall–Kier alpha value is -0.760. The molecule has 0 N–H and O–H groups in total. The van der Waals surface area contributed by atoms with Crippen LogP contribution in [-0.2, 0) is 10.0 Å². The maximum atomic E-state index is 13.4. The maximum Gasteiger partial charge on any atom is 0.253 e. The normalized spacial score (nSPS) is 20.0. The SMILES string of the molecule is O=S(=O)(c1ccc(Br)s1)N1CCC[C@@H]1c1cccc(F)c1. The minimum Gasteiger partial charge on any atom is -0.207 e. The second-order valence-corrected chi connectivity index (χ2v) is 9.47. The van der Waals surface area contributed by atoms with Gasteiger partial charge in [-0.25, -0.2) is 12.8 Å². The van der Waals surface area contributed by atoms with Crippen LogP contribution in [0.15, 0.2) is 44.4 Å². The van der Waals surface area contributed by atoms with Crippen LogP contribution in [0, 0.1) is 5.82 Å². The van der Waals surface area contributed by atoms with E-state index in [0.717, 1.165) is 16.6 Å². The van der Waals surface area contributed by atoms with Crippen molar-refractivity contribution in [2.75, 3.05) is 6.54 Å². The van der Waals surface area contributed by atoms with E-state index in [2.05, 4.69) is 15.9 Å². The molecular weight excluding hydrogens is 377 g/mol. The number of thiophene rings is 1. The zero-order valence-electron chi connectivity index (χ0n) is 11.0. The third-order valence-electron chi connectivity index (χ3n) is 3.55. The molecule has 7 heteroatoms. The van der Waals surface area contributed by atoms with Gasteiger partial charge >= 0.3 is 0 Å². The van der Waals surface area contributed by atoms with Gasteiger partial charge in [-0.3, -0.25) is 0 Å². The van der Waals surface area contributed by atoms with Crippen molar-refractivity contribution >= 4 is 37.3 Å². The fraction of sp³-hybridized carbons (Fsp3) is 0.286. The van der Waals surface area contributed by atoms with Crippen LogP contribution >= 0.6 is 27.3 Å². The Morgan fingerprint density at radius 3 is 2.76 bits per heavy atom. The van der Waals surface area contributed by atoms with E-state index in [1.165, 1.54) is 27.8 Å². The van der Waals surface area contributed by atoms with Gasteiger partial charge in [-0.15, -0.1) is 11.3 Å². The van der Waals surface area contributed by atoms with Crippen molar-refractivity contribution in [2.45, 2.75) is 23.1 Å². The van der Waals surface area contributed by atoms with Crippen molar-refractivity contribution in [3.05, 3.63) is 51.6 Å². The van der Waals surface area contributed by atoms with E-state index in [4.69, 9.17) is 0 Å². The fourth-order valence-corrected chi connectivity index (χ4v) is 6.45. The summed E-state index contributed by atoms with van der Waals surface area (Å²) in [5, 5.41) is 0. The van der Waals surface area contributed by atoms with E-state index >= 15 is 0 Å². The molecular formula is C14H13BrFNO2S2. The van der Waals surface area contributed by atoms with Crippen molar-refractivity contribution in [3.63, 3.8) is 0 Å². The maximum absolute atomic E-state index is 13.4. The number of benzene rings is 1. The van der Waals surface area contributed by atoms with Gasteiger partial charge in [0, 0.05) is 6.54 Å². The molecule has 1 fully saturated rings. The summed E-state index contributed by atoms with van der Waals surface area (Å²) in [6, 6.07) is 9.24. The molecule has 0 spiro atoms. The lowest BCUT2D eigenvalue weighted by Crippen LogP contribution is -2.30. The van der Waals surface area contributed by atoms with E-state index in [1.807, 2.05) is 0 Å². The van der Waals surface area contributed by atoms with Crippen LogP contribution in [0.3, 0.4) is 0 Å². The number of sulfonamides is 1. The summed E-state index contributed by atoms with van der Waals surface area (Å²) in [7, 11) is -3.53. The molecule has 0 saturated carbocycles. The monoisotopic (exact) mass is 389 g/mol. The van der Waals surface area contributed by atoms with Crippen molar-refractivity contribution in [1.29, 1.82) is 0 Å². The number of hydrogen-bond donors (Lipinski definition) is 0. The van der Waals surface area contributed by atoms with E-state index in [-0.39, 0.29) is 11.9 Å². The highest BCUT2D eigenvalue weighted by molar-refractivity contribution is 9.11.